The predicted octanol–water partition coefficient (Wildman–Crippen LogP) is 6.73. The zero-order valence-electron chi connectivity index (χ0n) is 26.1. The topological polar surface area (TPSA) is 55.6 Å². The van der Waals surface area contributed by atoms with Crippen LogP contribution in [0.3, 0.4) is 0 Å². The molecule has 2 atom stereocenters. The molecule has 0 radical (unpaired) electrons. The molecule has 3 aliphatic heterocycles. The Labute approximate surface area is 241 Å². The van der Waals surface area contributed by atoms with Gasteiger partial charge in [0.05, 0.1) is 12.1 Å². The van der Waals surface area contributed by atoms with Gasteiger partial charge >= 0.3 is 0 Å². The molecule has 3 aliphatic rings. The minimum absolute atomic E-state index is 0.208. The smallest absolute Gasteiger partial charge is 0.0687 e. The standard InChI is InChI=1S/C36H50N4/c1-9-21-22(10-2)30-18-32-25(13-5)26(14-6)34(39-32)20-36-28(16-8)27(15-7)35(40-36)19-33-24(12-4)23(11-3)31(38-33)17-29(21)37-30/h17-20,29,35,37-40H,9-16H2,1-8H3/b30-18-,31-17-,33-19-,36-20?. The zero-order chi connectivity index (χ0) is 28.6. The van der Waals surface area contributed by atoms with E-state index in [-0.39, 0.29) is 12.1 Å². The third-order valence-corrected chi connectivity index (χ3v) is 9.49. The van der Waals surface area contributed by atoms with Gasteiger partial charge in [-0.2, -0.15) is 0 Å². The van der Waals surface area contributed by atoms with Gasteiger partial charge < -0.3 is 20.6 Å². The fourth-order valence-electron chi connectivity index (χ4n) is 7.66. The van der Waals surface area contributed by atoms with Gasteiger partial charge in [0.1, 0.15) is 0 Å². The zero-order valence-corrected chi connectivity index (χ0v) is 26.1. The van der Waals surface area contributed by atoms with E-state index in [9.17, 15) is 0 Å². The van der Waals surface area contributed by atoms with E-state index in [1.165, 1.54) is 78.0 Å². The van der Waals surface area contributed by atoms with Crippen molar-refractivity contribution in [2.24, 2.45) is 0 Å². The van der Waals surface area contributed by atoms with Crippen molar-refractivity contribution >= 4 is 24.3 Å². The van der Waals surface area contributed by atoms with E-state index in [1.807, 2.05) is 0 Å². The highest BCUT2D eigenvalue weighted by Gasteiger charge is 2.29. The van der Waals surface area contributed by atoms with Crippen LogP contribution in [0.2, 0.25) is 0 Å². The molecule has 4 N–H and O–H groups in total. The van der Waals surface area contributed by atoms with Crippen molar-refractivity contribution < 1.29 is 0 Å². The van der Waals surface area contributed by atoms with Crippen LogP contribution in [-0.4, -0.2) is 22.1 Å². The van der Waals surface area contributed by atoms with Gasteiger partial charge in [-0.1, -0.05) is 55.4 Å². The summed E-state index contributed by atoms with van der Waals surface area (Å²) in [7, 11) is 0. The molecule has 0 amide bonds. The average molecular weight is 539 g/mol. The van der Waals surface area contributed by atoms with Crippen molar-refractivity contribution in [2.75, 3.05) is 0 Å². The van der Waals surface area contributed by atoms with Crippen LogP contribution in [0, 0.1) is 0 Å². The number of hydrogen-bond donors (Lipinski definition) is 4. The van der Waals surface area contributed by atoms with Gasteiger partial charge in [0.25, 0.3) is 0 Å². The van der Waals surface area contributed by atoms with Crippen molar-refractivity contribution in [3.8, 4) is 0 Å². The fraction of sp³-hybridized carbons (Fsp3) is 0.500. The quantitative estimate of drug-likeness (QED) is 0.301. The molecule has 2 aromatic rings. The van der Waals surface area contributed by atoms with E-state index >= 15 is 0 Å². The summed E-state index contributed by atoms with van der Waals surface area (Å²) in [4.78, 5) is 7.80. The van der Waals surface area contributed by atoms with Crippen LogP contribution in [-0.2, 0) is 25.7 Å². The van der Waals surface area contributed by atoms with Gasteiger partial charge in [-0.05, 0) is 120 Å². The lowest BCUT2D eigenvalue weighted by atomic mass is 9.97. The highest BCUT2D eigenvalue weighted by Crippen LogP contribution is 2.35. The Morgan fingerprint density at radius 2 is 0.875 bits per heavy atom. The maximum Gasteiger partial charge on any atom is 0.0687 e. The van der Waals surface area contributed by atoms with Crippen molar-refractivity contribution in [2.45, 2.75) is 119 Å². The summed E-state index contributed by atoms with van der Waals surface area (Å²) in [6, 6.07) is 0.416. The van der Waals surface area contributed by atoms with E-state index in [0.29, 0.717) is 0 Å². The van der Waals surface area contributed by atoms with Gasteiger partial charge in [0.2, 0.25) is 0 Å². The molecule has 8 bridgehead atoms. The Morgan fingerprint density at radius 3 is 1.20 bits per heavy atom. The number of aromatic amines is 2. The molecule has 0 aromatic carbocycles. The lowest BCUT2D eigenvalue weighted by Gasteiger charge is -2.11. The second kappa shape index (κ2) is 11.8. The minimum atomic E-state index is 0.208. The third kappa shape index (κ3) is 4.63. The van der Waals surface area contributed by atoms with Crippen molar-refractivity contribution in [3.63, 3.8) is 0 Å². The van der Waals surface area contributed by atoms with Crippen LogP contribution >= 0.6 is 0 Å². The SMILES string of the molecule is CCC1=C(CC)C2/C=c3\[nH]/c(c(CC)c3CC)=C\C3N/C(=C\c4[nH]c(c(CC)c4CC)C=C1N2)C(CC)=C3CC. The molecule has 214 valence electrons. The maximum absolute atomic E-state index is 3.96. The molecular weight excluding hydrogens is 488 g/mol. The molecular formula is C36H50N4. The first-order valence-electron chi connectivity index (χ1n) is 16.0. The van der Waals surface area contributed by atoms with Gasteiger partial charge in [-0.3, -0.25) is 0 Å². The Hall–Kier alpha value is -3.14. The molecule has 0 fully saturated rings. The monoisotopic (exact) mass is 538 g/mol. The molecule has 5 rings (SSSR count). The normalized spacial score (nSPS) is 23.2. The molecule has 4 nitrogen and oxygen atoms in total. The van der Waals surface area contributed by atoms with Crippen molar-refractivity contribution in [1.82, 2.24) is 20.6 Å². The fourth-order valence-corrected chi connectivity index (χ4v) is 7.66. The van der Waals surface area contributed by atoms with Crippen LogP contribution in [0.25, 0.3) is 24.3 Å². The second-order valence-corrected chi connectivity index (χ2v) is 11.3. The molecule has 2 unspecified atom stereocenters. The molecule has 0 saturated heterocycles. The first-order chi connectivity index (χ1) is 19.5. The maximum atomic E-state index is 3.96. The van der Waals surface area contributed by atoms with E-state index < -0.39 is 0 Å². The summed E-state index contributed by atoms with van der Waals surface area (Å²) in [6.45, 7) is 18.4. The number of aromatic nitrogens is 2. The number of hydrogen-bond acceptors (Lipinski definition) is 2. The average Bonchev–Trinajstić information content (AvgIpc) is 3.67. The predicted molar refractivity (Wildman–Crippen MR) is 172 cm³/mol. The highest BCUT2D eigenvalue weighted by molar-refractivity contribution is 5.71. The van der Waals surface area contributed by atoms with Gasteiger partial charge in [-0.15, -0.1) is 0 Å². The highest BCUT2D eigenvalue weighted by atomic mass is 15.0. The summed E-state index contributed by atoms with van der Waals surface area (Å²) in [5.41, 5.74) is 16.9. The third-order valence-electron chi connectivity index (χ3n) is 9.49. The summed E-state index contributed by atoms with van der Waals surface area (Å²) in [5, 5.41) is 10.5. The van der Waals surface area contributed by atoms with Crippen LogP contribution in [0.1, 0.15) is 115 Å². The first kappa shape index (κ1) is 28.4. The van der Waals surface area contributed by atoms with Gasteiger partial charge in [-0.25, -0.2) is 0 Å². The van der Waals surface area contributed by atoms with E-state index in [1.54, 1.807) is 0 Å². The number of rotatable bonds is 8. The molecule has 0 saturated carbocycles. The number of H-pyrrole nitrogens is 2. The van der Waals surface area contributed by atoms with E-state index in [4.69, 9.17) is 0 Å². The van der Waals surface area contributed by atoms with E-state index in [0.717, 1.165) is 51.4 Å². The van der Waals surface area contributed by atoms with E-state index in [2.05, 4.69) is 100 Å². The molecule has 2 aromatic heterocycles. The summed E-state index contributed by atoms with van der Waals surface area (Å²) in [6.07, 6.45) is 18.0. The Bertz CT molecular complexity index is 1420. The number of allylic oxidation sites excluding steroid dienone is 2. The molecule has 5 heterocycles. The van der Waals surface area contributed by atoms with Crippen molar-refractivity contribution in [1.29, 1.82) is 0 Å². The van der Waals surface area contributed by atoms with Gasteiger partial charge in [0, 0.05) is 33.5 Å². The number of fused-ring (bicyclic) bond motifs is 8. The lowest BCUT2D eigenvalue weighted by Crippen LogP contribution is -2.27. The summed E-state index contributed by atoms with van der Waals surface area (Å²) < 4.78 is 0. The second-order valence-electron chi connectivity index (χ2n) is 11.3. The molecule has 0 spiro atoms. The van der Waals surface area contributed by atoms with Crippen LogP contribution in [0.4, 0.5) is 0 Å². The van der Waals surface area contributed by atoms with Crippen LogP contribution < -0.4 is 21.3 Å². The molecule has 40 heavy (non-hydrogen) atoms. The van der Waals surface area contributed by atoms with Crippen molar-refractivity contribution in [3.05, 3.63) is 78.0 Å². The van der Waals surface area contributed by atoms with Crippen LogP contribution in [0.5, 0.6) is 0 Å². The minimum Gasteiger partial charge on any atom is -0.375 e. The molecule has 0 aliphatic carbocycles. The first-order valence-corrected chi connectivity index (χ1v) is 16.0. The largest absolute Gasteiger partial charge is 0.375 e. The molecule has 4 heteroatoms. The summed E-state index contributed by atoms with van der Waals surface area (Å²) >= 11 is 0. The number of nitrogens with one attached hydrogen (secondary N) is 4. The van der Waals surface area contributed by atoms with Gasteiger partial charge in [0.15, 0.2) is 0 Å². The lowest BCUT2D eigenvalue weighted by molar-refractivity contribution is 0.811. The Balaban J connectivity index is 1.86. The Kier molecular flexibility index (Phi) is 8.35. The Morgan fingerprint density at radius 1 is 0.475 bits per heavy atom. The van der Waals surface area contributed by atoms with Crippen LogP contribution in [0.15, 0.2) is 33.7 Å². The summed E-state index contributed by atoms with van der Waals surface area (Å²) in [5.74, 6) is 0.